The van der Waals surface area contributed by atoms with Crippen molar-refractivity contribution in [1.29, 1.82) is 0 Å². The van der Waals surface area contributed by atoms with Gasteiger partial charge < -0.3 is 14.8 Å². The average molecular weight is 241 g/mol. The molecule has 5 heteroatoms. The molecular formula is C12H16FNO3. The van der Waals surface area contributed by atoms with Crippen LogP contribution in [0.15, 0.2) is 12.1 Å². The molecule has 1 aromatic rings. The molecule has 0 spiro atoms. The van der Waals surface area contributed by atoms with Gasteiger partial charge in [0.2, 0.25) is 0 Å². The van der Waals surface area contributed by atoms with Crippen molar-refractivity contribution in [3.05, 3.63) is 23.3 Å². The van der Waals surface area contributed by atoms with Crippen molar-refractivity contribution in [1.82, 2.24) is 5.32 Å². The highest BCUT2D eigenvalue weighted by Gasteiger charge is 2.16. The van der Waals surface area contributed by atoms with E-state index < -0.39 is 6.67 Å². The average Bonchev–Trinajstić information content (AvgIpc) is 2.37. The maximum Gasteiger partial charge on any atom is 0.177 e. The lowest BCUT2D eigenvalue weighted by atomic mass is 10.0. The number of methoxy groups -OCH3 is 2. The number of Topliss-reactive ketones (excluding diaryl/α,β-unsaturated/α-hetero) is 1. The molecule has 0 heterocycles. The monoisotopic (exact) mass is 241 g/mol. The first-order valence-corrected chi connectivity index (χ1v) is 5.16. The van der Waals surface area contributed by atoms with Gasteiger partial charge in [0.15, 0.2) is 17.3 Å². The molecule has 0 saturated carbocycles. The first-order chi connectivity index (χ1) is 8.17. The Morgan fingerprint density at radius 3 is 2.35 bits per heavy atom. The molecule has 0 saturated heterocycles. The lowest BCUT2D eigenvalue weighted by Crippen LogP contribution is -2.19. The van der Waals surface area contributed by atoms with Gasteiger partial charge in [-0.15, -0.1) is 0 Å². The van der Waals surface area contributed by atoms with Crippen LogP contribution in [0.5, 0.6) is 11.5 Å². The number of rotatable bonds is 6. The number of hydrogen-bond acceptors (Lipinski definition) is 4. The molecule has 1 N–H and O–H groups in total. The number of ether oxygens (including phenoxy) is 2. The van der Waals surface area contributed by atoms with Crippen LogP contribution in [0.1, 0.15) is 15.9 Å². The van der Waals surface area contributed by atoms with Crippen molar-refractivity contribution >= 4 is 5.78 Å². The van der Waals surface area contributed by atoms with Gasteiger partial charge in [0.05, 0.1) is 20.8 Å². The minimum Gasteiger partial charge on any atom is -0.493 e. The summed E-state index contributed by atoms with van der Waals surface area (Å²) in [5.41, 5.74) is 0.627. The Kier molecular flexibility index (Phi) is 4.90. The largest absolute Gasteiger partial charge is 0.493 e. The van der Waals surface area contributed by atoms with Gasteiger partial charge in [0.1, 0.15) is 6.67 Å². The molecule has 1 rings (SSSR count). The van der Waals surface area contributed by atoms with Crippen molar-refractivity contribution in [3.63, 3.8) is 0 Å². The molecule has 0 aromatic heterocycles. The molecule has 0 aliphatic rings. The fourth-order valence-corrected chi connectivity index (χ4v) is 1.55. The fraction of sp³-hybridized carbons (Fsp3) is 0.417. The summed E-state index contributed by atoms with van der Waals surface area (Å²) in [4.78, 5) is 11.8. The SMILES string of the molecule is CNCC(=O)c1cc(OC)c(OC)cc1CF. The van der Waals surface area contributed by atoms with E-state index in [-0.39, 0.29) is 12.3 Å². The van der Waals surface area contributed by atoms with Crippen molar-refractivity contribution in [2.45, 2.75) is 6.67 Å². The van der Waals surface area contributed by atoms with E-state index in [2.05, 4.69) is 5.32 Å². The summed E-state index contributed by atoms with van der Waals surface area (Å²) in [5, 5.41) is 2.74. The zero-order chi connectivity index (χ0) is 12.8. The van der Waals surface area contributed by atoms with E-state index >= 15 is 0 Å². The number of alkyl halides is 1. The van der Waals surface area contributed by atoms with Crippen molar-refractivity contribution in [2.75, 3.05) is 27.8 Å². The smallest absolute Gasteiger partial charge is 0.177 e. The highest BCUT2D eigenvalue weighted by Crippen LogP contribution is 2.31. The summed E-state index contributed by atoms with van der Waals surface area (Å²) in [7, 11) is 4.60. The molecule has 0 aliphatic carbocycles. The second-order valence-corrected chi connectivity index (χ2v) is 3.45. The Balaban J connectivity index is 3.23. The maximum absolute atomic E-state index is 12.9. The number of likely N-dealkylation sites (N-methyl/N-ethyl adjacent to an activating group) is 1. The van der Waals surface area contributed by atoms with Gasteiger partial charge in [0.25, 0.3) is 0 Å². The van der Waals surface area contributed by atoms with Crippen LogP contribution in [0.4, 0.5) is 4.39 Å². The third-order valence-corrected chi connectivity index (χ3v) is 2.39. The third-order valence-electron chi connectivity index (χ3n) is 2.39. The van der Waals surface area contributed by atoms with Gasteiger partial charge >= 0.3 is 0 Å². The lowest BCUT2D eigenvalue weighted by molar-refractivity contribution is 0.0991. The summed E-state index contributed by atoms with van der Waals surface area (Å²) >= 11 is 0. The molecule has 0 atom stereocenters. The van der Waals surface area contributed by atoms with Crippen LogP contribution in [0, 0.1) is 0 Å². The van der Waals surface area contributed by atoms with E-state index in [4.69, 9.17) is 9.47 Å². The number of halogens is 1. The van der Waals surface area contributed by atoms with E-state index in [1.165, 1.54) is 26.4 Å². The predicted molar refractivity (Wildman–Crippen MR) is 62.6 cm³/mol. The standard InChI is InChI=1S/C12H16FNO3/c1-14-7-10(15)9-5-12(17-3)11(16-2)4-8(9)6-13/h4-5,14H,6-7H2,1-3H3. The van der Waals surface area contributed by atoms with Gasteiger partial charge in [-0.25, -0.2) is 4.39 Å². The van der Waals surface area contributed by atoms with Gasteiger partial charge in [-0.3, -0.25) is 4.79 Å². The summed E-state index contributed by atoms with van der Waals surface area (Å²) in [5.74, 6) is 0.659. The molecule has 1 aromatic carbocycles. The van der Waals surface area contributed by atoms with Gasteiger partial charge in [-0.05, 0) is 24.7 Å². The normalized spacial score (nSPS) is 10.1. The fourth-order valence-electron chi connectivity index (χ4n) is 1.55. The quantitative estimate of drug-likeness (QED) is 0.768. The van der Waals surface area contributed by atoms with E-state index in [0.29, 0.717) is 22.6 Å². The zero-order valence-electron chi connectivity index (χ0n) is 10.2. The van der Waals surface area contributed by atoms with Crippen molar-refractivity contribution in [2.24, 2.45) is 0 Å². The van der Waals surface area contributed by atoms with Crippen LogP contribution in [-0.4, -0.2) is 33.6 Å². The Morgan fingerprint density at radius 1 is 1.29 bits per heavy atom. The number of benzene rings is 1. The van der Waals surface area contributed by atoms with E-state index in [9.17, 15) is 9.18 Å². The summed E-state index contributed by atoms with van der Waals surface area (Å²) < 4.78 is 23.0. The Labute approximate surface area is 99.7 Å². The molecule has 0 radical (unpaired) electrons. The second kappa shape index (κ2) is 6.20. The Morgan fingerprint density at radius 2 is 1.88 bits per heavy atom. The zero-order valence-corrected chi connectivity index (χ0v) is 10.2. The molecule has 4 nitrogen and oxygen atoms in total. The topological polar surface area (TPSA) is 47.6 Å². The van der Waals surface area contributed by atoms with Crippen LogP contribution < -0.4 is 14.8 Å². The number of nitrogens with one attached hydrogen (secondary N) is 1. The van der Waals surface area contributed by atoms with Crippen LogP contribution in [0.3, 0.4) is 0 Å². The molecule has 0 fully saturated rings. The number of ketones is 1. The van der Waals surface area contributed by atoms with Crippen LogP contribution in [-0.2, 0) is 6.67 Å². The van der Waals surface area contributed by atoms with Gasteiger partial charge in [-0.1, -0.05) is 0 Å². The molecular weight excluding hydrogens is 225 g/mol. The number of hydrogen-bond donors (Lipinski definition) is 1. The predicted octanol–water partition coefficient (Wildman–Crippen LogP) is 1.58. The first kappa shape index (κ1) is 13.4. The minimum absolute atomic E-state index is 0.155. The maximum atomic E-state index is 12.9. The summed E-state index contributed by atoms with van der Waals surface area (Å²) in [6.07, 6.45) is 0. The minimum atomic E-state index is -0.717. The summed E-state index contributed by atoms with van der Waals surface area (Å²) in [6.45, 7) is -0.562. The molecule has 0 bridgehead atoms. The highest BCUT2D eigenvalue weighted by atomic mass is 19.1. The molecule has 0 amide bonds. The third kappa shape index (κ3) is 2.94. The molecule has 94 valence electrons. The molecule has 0 unspecified atom stereocenters. The summed E-state index contributed by atoms with van der Waals surface area (Å²) in [6, 6.07) is 3.00. The lowest BCUT2D eigenvalue weighted by Gasteiger charge is -2.12. The van der Waals surface area contributed by atoms with Crippen LogP contribution in [0.2, 0.25) is 0 Å². The van der Waals surface area contributed by atoms with E-state index in [0.717, 1.165) is 0 Å². The Hall–Kier alpha value is -1.62. The Bertz CT molecular complexity index is 407. The first-order valence-electron chi connectivity index (χ1n) is 5.16. The van der Waals surface area contributed by atoms with Crippen molar-refractivity contribution in [3.8, 4) is 11.5 Å². The van der Waals surface area contributed by atoms with Crippen LogP contribution in [0.25, 0.3) is 0 Å². The van der Waals surface area contributed by atoms with E-state index in [1.807, 2.05) is 0 Å². The van der Waals surface area contributed by atoms with Crippen LogP contribution >= 0.6 is 0 Å². The molecule has 0 aliphatic heterocycles. The van der Waals surface area contributed by atoms with Gasteiger partial charge in [0, 0.05) is 5.56 Å². The molecule has 17 heavy (non-hydrogen) atoms. The highest BCUT2D eigenvalue weighted by molar-refractivity contribution is 5.99. The number of carbonyl (C=O) groups excluding carboxylic acids is 1. The second-order valence-electron chi connectivity index (χ2n) is 3.45. The van der Waals surface area contributed by atoms with E-state index in [1.54, 1.807) is 7.05 Å². The number of carbonyl (C=O) groups is 1. The van der Waals surface area contributed by atoms with Crippen molar-refractivity contribution < 1.29 is 18.7 Å². The van der Waals surface area contributed by atoms with Gasteiger partial charge in [-0.2, -0.15) is 0 Å².